The van der Waals surface area contributed by atoms with Gasteiger partial charge in [-0.15, -0.1) is 0 Å². The first-order chi connectivity index (χ1) is 11.0. The van der Waals surface area contributed by atoms with Crippen molar-refractivity contribution >= 4 is 46.6 Å². The average molecular weight is 347 g/mol. The second kappa shape index (κ2) is 7.76. The number of phenols is 1. The molecule has 0 saturated heterocycles. The van der Waals surface area contributed by atoms with Crippen LogP contribution in [0.4, 0.5) is 5.69 Å². The van der Waals surface area contributed by atoms with Crippen molar-refractivity contribution in [2.75, 3.05) is 5.32 Å². The highest BCUT2D eigenvalue weighted by atomic mass is 35.5. The van der Waals surface area contributed by atoms with Gasteiger partial charge in [-0.2, -0.15) is 0 Å². The molecule has 0 aliphatic carbocycles. The van der Waals surface area contributed by atoms with Crippen LogP contribution in [0.25, 0.3) is 6.08 Å². The molecule has 0 aromatic heterocycles. The Morgan fingerprint density at radius 1 is 1.26 bits per heavy atom. The van der Waals surface area contributed by atoms with E-state index in [0.717, 1.165) is 11.1 Å². The lowest BCUT2D eigenvalue weighted by Gasteiger charge is -2.10. The van der Waals surface area contributed by atoms with E-state index in [2.05, 4.69) is 10.6 Å². The van der Waals surface area contributed by atoms with Crippen LogP contribution < -0.4 is 10.6 Å². The number of anilines is 1. The van der Waals surface area contributed by atoms with Crippen molar-refractivity contribution in [3.05, 3.63) is 64.7 Å². The summed E-state index contributed by atoms with van der Waals surface area (Å²) >= 11 is 11.1. The molecule has 0 spiro atoms. The second-order valence-corrected chi connectivity index (χ2v) is 5.63. The van der Waals surface area contributed by atoms with Crippen LogP contribution >= 0.6 is 23.8 Å². The minimum atomic E-state index is -0.394. The minimum Gasteiger partial charge on any atom is -0.506 e. The van der Waals surface area contributed by atoms with Crippen molar-refractivity contribution in [1.82, 2.24) is 5.32 Å². The maximum atomic E-state index is 11.8. The summed E-state index contributed by atoms with van der Waals surface area (Å²) in [4.78, 5) is 11.8. The standard InChI is InChI=1S/C17H15ClN2O2S/c1-11-6-8-15(21)14(10-11)19-17(23)20-16(22)9-7-12-4-2-3-5-13(12)18/h2-10,21H,1H3,(H2,19,20,22,23). The number of phenolic OH excluding ortho intramolecular Hbond substituents is 1. The Morgan fingerprint density at radius 3 is 2.74 bits per heavy atom. The van der Waals surface area contributed by atoms with E-state index in [-0.39, 0.29) is 10.9 Å². The molecular formula is C17H15ClN2O2S. The molecule has 0 radical (unpaired) electrons. The molecule has 118 valence electrons. The number of hydrogen-bond acceptors (Lipinski definition) is 3. The lowest BCUT2D eigenvalue weighted by atomic mass is 10.2. The lowest BCUT2D eigenvalue weighted by Crippen LogP contribution is -2.32. The van der Waals surface area contributed by atoms with Crippen LogP contribution in [0, 0.1) is 6.92 Å². The number of aryl methyl sites for hydroxylation is 1. The van der Waals surface area contributed by atoms with Crippen LogP contribution in [0.1, 0.15) is 11.1 Å². The normalized spacial score (nSPS) is 10.5. The van der Waals surface area contributed by atoms with Crippen LogP contribution in [0.2, 0.25) is 5.02 Å². The Morgan fingerprint density at radius 2 is 2.00 bits per heavy atom. The predicted octanol–water partition coefficient (Wildman–Crippen LogP) is 3.88. The number of aromatic hydroxyl groups is 1. The number of halogens is 1. The first-order valence-electron chi connectivity index (χ1n) is 6.80. The van der Waals surface area contributed by atoms with Gasteiger partial charge in [0.25, 0.3) is 0 Å². The zero-order chi connectivity index (χ0) is 16.8. The van der Waals surface area contributed by atoms with Crippen LogP contribution in [-0.4, -0.2) is 16.1 Å². The largest absolute Gasteiger partial charge is 0.506 e. The van der Waals surface area contributed by atoms with E-state index in [0.29, 0.717) is 10.7 Å². The number of thiocarbonyl (C=S) groups is 1. The molecule has 0 bridgehead atoms. The summed E-state index contributed by atoms with van der Waals surface area (Å²) < 4.78 is 0. The summed E-state index contributed by atoms with van der Waals surface area (Å²) in [5.74, 6) is -0.339. The first-order valence-corrected chi connectivity index (χ1v) is 7.58. The molecule has 0 aliphatic rings. The highest BCUT2D eigenvalue weighted by molar-refractivity contribution is 7.80. The van der Waals surface area contributed by atoms with Gasteiger partial charge in [-0.05, 0) is 54.5 Å². The predicted molar refractivity (Wildman–Crippen MR) is 97.7 cm³/mol. The van der Waals surface area contributed by atoms with Crippen LogP contribution in [0.5, 0.6) is 5.75 Å². The van der Waals surface area contributed by atoms with Gasteiger partial charge in [-0.3, -0.25) is 10.1 Å². The van der Waals surface area contributed by atoms with Crippen LogP contribution in [0.3, 0.4) is 0 Å². The quantitative estimate of drug-likeness (QED) is 0.448. The highest BCUT2D eigenvalue weighted by Crippen LogP contribution is 2.23. The van der Waals surface area contributed by atoms with E-state index in [1.54, 1.807) is 36.4 Å². The van der Waals surface area contributed by atoms with Gasteiger partial charge in [0.15, 0.2) is 5.11 Å². The summed E-state index contributed by atoms with van der Waals surface area (Å²) in [7, 11) is 0. The maximum Gasteiger partial charge on any atom is 0.250 e. The van der Waals surface area contributed by atoms with Crippen molar-refractivity contribution in [2.45, 2.75) is 6.92 Å². The molecule has 0 unspecified atom stereocenters. The Bertz CT molecular complexity index is 775. The van der Waals surface area contributed by atoms with Crippen molar-refractivity contribution in [1.29, 1.82) is 0 Å². The van der Waals surface area contributed by atoms with Crippen molar-refractivity contribution in [3.63, 3.8) is 0 Å². The number of carbonyl (C=O) groups is 1. The van der Waals surface area contributed by atoms with Gasteiger partial charge in [0, 0.05) is 11.1 Å². The molecule has 3 N–H and O–H groups in total. The molecule has 0 heterocycles. The van der Waals surface area contributed by atoms with E-state index in [4.69, 9.17) is 23.8 Å². The lowest BCUT2D eigenvalue weighted by molar-refractivity contribution is -0.115. The number of carbonyl (C=O) groups excluding carboxylic acids is 1. The van der Waals surface area contributed by atoms with Crippen LogP contribution in [-0.2, 0) is 4.79 Å². The third-order valence-corrected chi connectivity index (χ3v) is 3.50. The molecule has 2 aromatic rings. The summed E-state index contributed by atoms with van der Waals surface area (Å²) in [6.45, 7) is 1.89. The number of amides is 1. The van der Waals surface area contributed by atoms with E-state index < -0.39 is 5.91 Å². The topological polar surface area (TPSA) is 61.4 Å². The second-order valence-electron chi connectivity index (χ2n) is 4.82. The Labute approximate surface area is 144 Å². The zero-order valence-electron chi connectivity index (χ0n) is 12.3. The van der Waals surface area contributed by atoms with Crippen molar-refractivity contribution in [2.24, 2.45) is 0 Å². The van der Waals surface area contributed by atoms with Crippen molar-refractivity contribution < 1.29 is 9.90 Å². The van der Waals surface area contributed by atoms with Gasteiger partial charge >= 0.3 is 0 Å². The first kappa shape index (κ1) is 17.0. The third kappa shape index (κ3) is 5.09. The summed E-state index contributed by atoms with van der Waals surface area (Å²) in [5.41, 5.74) is 2.13. The SMILES string of the molecule is Cc1ccc(O)c(NC(=S)NC(=O)C=Cc2ccccc2Cl)c1. The van der Waals surface area contributed by atoms with E-state index in [9.17, 15) is 9.90 Å². The number of hydrogen-bond donors (Lipinski definition) is 3. The summed E-state index contributed by atoms with van der Waals surface area (Å²) in [6, 6.07) is 12.2. The van der Waals surface area contributed by atoms with E-state index >= 15 is 0 Å². The fourth-order valence-corrected chi connectivity index (χ4v) is 2.24. The molecule has 0 saturated carbocycles. The number of benzene rings is 2. The molecular weight excluding hydrogens is 332 g/mol. The summed E-state index contributed by atoms with van der Waals surface area (Å²) in [6.07, 6.45) is 2.94. The van der Waals surface area contributed by atoms with Crippen LogP contribution in [0.15, 0.2) is 48.5 Å². The zero-order valence-corrected chi connectivity index (χ0v) is 13.9. The fourth-order valence-electron chi connectivity index (χ4n) is 1.83. The molecule has 1 amide bonds. The van der Waals surface area contributed by atoms with Gasteiger partial charge < -0.3 is 10.4 Å². The Kier molecular flexibility index (Phi) is 5.73. The fraction of sp³-hybridized carbons (Fsp3) is 0.0588. The molecule has 2 aromatic carbocycles. The third-order valence-electron chi connectivity index (χ3n) is 2.96. The molecule has 4 nitrogen and oxygen atoms in total. The maximum absolute atomic E-state index is 11.8. The molecule has 0 fully saturated rings. The minimum absolute atomic E-state index is 0.0545. The Hall–Kier alpha value is -2.37. The number of rotatable bonds is 3. The average Bonchev–Trinajstić information content (AvgIpc) is 2.50. The van der Waals surface area contributed by atoms with Gasteiger partial charge in [-0.1, -0.05) is 35.9 Å². The van der Waals surface area contributed by atoms with Gasteiger partial charge in [0.1, 0.15) is 5.75 Å². The summed E-state index contributed by atoms with van der Waals surface area (Å²) in [5, 5.41) is 15.7. The van der Waals surface area contributed by atoms with Gasteiger partial charge in [0.2, 0.25) is 5.91 Å². The van der Waals surface area contributed by atoms with E-state index in [1.165, 1.54) is 6.08 Å². The highest BCUT2D eigenvalue weighted by Gasteiger charge is 2.06. The monoisotopic (exact) mass is 346 g/mol. The van der Waals surface area contributed by atoms with Gasteiger partial charge in [-0.25, -0.2) is 0 Å². The van der Waals surface area contributed by atoms with Crippen molar-refractivity contribution in [3.8, 4) is 5.75 Å². The molecule has 0 atom stereocenters. The molecule has 0 aliphatic heterocycles. The van der Waals surface area contributed by atoms with E-state index in [1.807, 2.05) is 19.1 Å². The van der Waals surface area contributed by atoms with Gasteiger partial charge in [0.05, 0.1) is 5.69 Å². The molecule has 2 rings (SSSR count). The smallest absolute Gasteiger partial charge is 0.250 e. The molecule has 23 heavy (non-hydrogen) atoms. The Balaban J connectivity index is 1.96. The number of nitrogens with one attached hydrogen (secondary N) is 2. The molecule has 6 heteroatoms.